The van der Waals surface area contributed by atoms with Crippen molar-refractivity contribution in [2.45, 2.75) is 38.9 Å². The summed E-state index contributed by atoms with van der Waals surface area (Å²) < 4.78 is 16.2. The van der Waals surface area contributed by atoms with Crippen LogP contribution in [-0.2, 0) is 0 Å². The maximum atomic E-state index is 14.0. The van der Waals surface area contributed by atoms with Crippen LogP contribution in [0.1, 0.15) is 38.7 Å². The lowest BCUT2D eigenvalue weighted by Crippen LogP contribution is -2.51. The molecule has 1 aliphatic rings. The van der Waals surface area contributed by atoms with Crippen LogP contribution in [0, 0.1) is 5.82 Å². The van der Waals surface area contributed by atoms with Gasteiger partial charge in [0, 0.05) is 19.1 Å². The Morgan fingerprint density at radius 1 is 1.17 bits per heavy atom. The summed E-state index contributed by atoms with van der Waals surface area (Å²) in [5.41, 5.74) is 2.99. The van der Waals surface area contributed by atoms with Crippen molar-refractivity contribution in [3.63, 3.8) is 0 Å². The first-order chi connectivity index (χ1) is 14.0. The van der Waals surface area contributed by atoms with Crippen molar-refractivity contribution in [1.29, 1.82) is 0 Å². The zero-order valence-corrected chi connectivity index (χ0v) is 16.6. The Balaban J connectivity index is 1.53. The van der Waals surface area contributed by atoms with E-state index in [0.29, 0.717) is 17.5 Å². The van der Waals surface area contributed by atoms with Crippen LogP contribution in [-0.4, -0.2) is 53.5 Å². The van der Waals surface area contributed by atoms with Crippen LogP contribution in [0.25, 0.3) is 22.2 Å². The Kier molecular flexibility index (Phi) is 4.20. The smallest absolute Gasteiger partial charge is 0.182 e. The average molecular weight is 394 g/mol. The molecule has 0 amide bonds. The van der Waals surface area contributed by atoms with Gasteiger partial charge in [0.2, 0.25) is 0 Å². The zero-order chi connectivity index (χ0) is 20.1. The average Bonchev–Trinajstić information content (AvgIpc) is 3.26. The molecule has 1 fully saturated rings. The third kappa shape index (κ3) is 3.02. The fraction of sp³-hybridized carbons (Fsp3) is 0.400. The predicted octanol–water partition coefficient (Wildman–Crippen LogP) is 3.28. The number of anilines is 1. The molecule has 1 aromatic carbocycles. The Morgan fingerprint density at radius 2 is 2.00 bits per heavy atom. The maximum absolute atomic E-state index is 14.0. The van der Waals surface area contributed by atoms with Crippen LogP contribution in [0.5, 0.6) is 0 Å². The summed E-state index contributed by atoms with van der Waals surface area (Å²) in [5, 5.41) is 3.43. The van der Waals surface area contributed by atoms with Crippen LogP contribution in [0.15, 0.2) is 30.9 Å². The zero-order valence-electron chi connectivity index (χ0n) is 16.6. The number of imidazole rings is 2. The van der Waals surface area contributed by atoms with Crippen molar-refractivity contribution in [3.8, 4) is 0 Å². The first-order valence-corrected chi connectivity index (χ1v) is 9.83. The fourth-order valence-electron chi connectivity index (χ4n) is 3.99. The highest BCUT2D eigenvalue weighted by atomic mass is 19.1. The number of nitrogens with one attached hydrogen (secondary N) is 2. The quantitative estimate of drug-likeness (QED) is 0.540. The summed E-state index contributed by atoms with van der Waals surface area (Å²) in [7, 11) is 0. The van der Waals surface area contributed by atoms with E-state index in [1.807, 2.05) is 6.92 Å². The number of fused-ring (bicyclic) bond motifs is 2. The molecule has 9 heteroatoms. The highest BCUT2D eigenvalue weighted by molar-refractivity contribution is 5.82. The minimum Gasteiger partial charge on any atom is -0.358 e. The number of H-pyrrole nitrogens is 1. The van der Waals surface area contributed by atoms with Gasteiger partial charge in [0.1, 0.15) is 23.5 Å². The Labute approximate surface area is 167 Å². The molecule has 8 nitrogen and oxygen atoms in total. The van der Waals surface area contributed by atoms with E-state index >= 15 is 0 Å². The van der Waals surface area contributed by atoms with Gasteiger partial charge in [0.25, 0.3) is 0 Å². The van der Waals surface area contributed by atoms with Gasteiger partial charge in [0.05, 0.1) is 29.4 Å². The van der Waals surface area contributed by atoms with Crippen LogP contribution in [0.4, 0.5) is 10.2 Å². The van der Waals surface area contributed by atoms with Gasteiger partial charge in [-0.05, 0) is 39.0 Å². The molecule has 2 N–H and O–H groups in total. The SMILES string of the molecule is CC(Nc1ncnc2nc[nH]c12)c1nc2ccc(F)cc2n1C1CN(C(C)C)C1. The molecule has 5 rings (SSSR count). The molecule has 0 radical (unpaired) electrons. The molecule has 1 saturated heterocycles. The monoisotopic (exact) mass is 394 g/mol. The Bertz CT molecular complexity index is 1170. The largest absolute Gasteiger partial charge is 0.358 e. The summed E-state index contributed by atoms with van der Waals surface area (Å²) in [4.78, 5) is 23.0. The molecule has 0 spiro atoms. The second-order valence-corrected chi connectivity index (χ2v) is 7.86. The highest BCUT2D eigenvalue weighted by Crippen LogP contribution is 2.33. The predicted molar refractivity (Wildman–Crippen MR) is 109 cm³/mol. The number of aromatic amines is 1. The van der Waals surface area contributed by atoms with E-state index in [1.54, 1.807) is 18.5 Å². The van der Waals surface area contributed by atoms with Crippen LogP contribution < -0.4 is 5.32 Å². The van der Waals surface area contributed by atoms with Gasteiger partial charge in [-0.1, -0.05) is 0 Å². The van der Waals surface area contributed by atoms with E-state index in [4.69, 9.17) is 4.98 Å². The van der Waals surface area contributed by atoms with Gasteiger partial charge in [-0.3, -0.25) is 4.90 Å². The molecule has 4 heterocycles. The standard InChI is InChI=1S/C20H23FN8/c1-11(2)28-7-14(8-28)29-16-6-13(21)4-5-15(16)27-20(29)12(3)26-19-17-18(23-9-22-17)24-10-25-19/h4-6,9-12,14H,7-8H2,1-3H3,(H2,22,23,24,25,26). The molecule has 1 unspecified atom stereocenters. The van der Waals surface area contributed by atoms with E-state index in [1.165, 1.54) is 12.4 Å². The minimum absolute atomic E-state index is 0.139. The molecule has 1 aliphatic heterocycles. The Morgan fingerprint density at radius 3 is 2.79 bits per heavy atom. The highest BCUT2D eigenvalue weighted by Gasteiger charge is 2.33. The van der Waals surface area contributed by atoms with Crippen LogP contribution in [0.3, 0.4) is 0 Å². The number of nitrogens with zero attached hydrogens (tertiary/aromatic N) is 6. The van der Waals surface area contributed by atoms with Gasteiger partial charge in [0.15, 0.2) is 11.5 Å². The van der Waals surface area contributed by atoms with E-state index in [2.05, 4.69) is 48.6 Å². The molecule has 4 aromatic rings. The first-order valence-electron chi connectivity index (χ1n) is 9.83. The molecule has 0 bridgehead atoms. The minimum atomic E-state index is -0.249. The van der Waals surface area contributed by atoms with Gasteiger partial charge >= 0.3 is 0 Å². The molecule has 3 aromatic heterocycles. The molecule has 29 heavy (non-hydrogen) atoms. The van der Waals surface area contributed by atoms with Crippen molar-refractivity contribution >= 4 is 28.0 Å². The Hall–Kier alpha value is -3.07. The number of hydrogen-bond donors (Lipinski definition) is 2. The number of rotatable bonds is 5. The molecule has 150 valence electrons. The maximum Gasteiger partial charge on any atom is 0.182 e. The summed E-state index contributed by atoms with van der Waals surface area (Å²) in [5.74, 6) is 1.29. The number of halogens is 1. The van der Waals surface area contributed by atoms with Gasteiger partial charge in [-0.15, -0.1) is 0 Å². The van der Waals surface area contributed by atoms with Crippen molar-refractivity contribution in [3.05, 3.63) is 42.5 Å². The van der Waals surface area contributed by atoms with Gasteiger partial charge in [-0.25, -0.2) is 24.3 Å². The molecule has 1 atom stereocenters. The summed E-state index contributed by atoms with van der Waals surface area (Å²) in [6.07, 6.45) is 3.09. The van der Waals surface area contributed by atoms with Gasteiger partial charge < -0.3 is 14.9 Å². The normalized spacial score (nSPS) is 16.6. The van der Waals surface area contributed by atoms with Crippen LogP contribution in [0.2, 0.25) is 0 Å². The lowest BCUT2D eigenvalue weighted by atomic mass is 10.1. The first kappa shape index (κ1) is 18.0. The van der Waals surface area contributed by atoms with Crippen molar-refractivity contribution in [2.75, 3.05) is 18.4 Å². The van der Waals surface area contributed by atoms with Crippen LogP contribution >= 0.6 is 0 Å². The van der Waals surface area contributed by atoms with Crippen molar-refractivity contribution in [1.82, 2.24) is 34.4 Å². The fourth-order valence-corrected chi connectivity index (χ4v) is 3.99. The number of likely N-dealkylation sites (tertiary alicyclic amines) is 1. The number of aromatic nitrogens is 6. The van der Waals surface area contributed by atoms with E-state index in [0.717, 1.165) is 35.5 Å². The lowest BCUT2D eigenvalue weighted by Gasteiger charge is -2.43. The number of hydrogen-bond acceptors (Lipinski definition) is 6. The molecular weight excluding hydrogens is 371 g/mol. The molecule has 0 saturated carbocycles. The van der Waals surface area contributed by atoms with E-state index in [-0.39, 0.29) is 17.9 Å². The number of benzene rings is 1. The second kappa shape index (κ2) is 6.77. The van der Waals surface area contributed by atoms with Gasteiger partial charge in [-0.2, -0.15) is 0 Å². The summed E-state index contributed by atoms with van der Waals surface area (Å²) in [6.45, 7) is 8.28. The topological polar surface area (TPSA) is 87.5 Å². The third-order valence-corrected chi connectivity index (χ3v) is 5.63. The lowest BCUT2D eigenvalue weighted by molar-refractivity contribution is 0.0745. The molecule has 0 aliphatic carbocycles. The van der Waals surface area contributed by atoms with E-state index < -0.39 is 0 Å². The summed E-state index contributed by atoms with van der Waals surface area (Å²) in [6, 6.07) is 5.40. The second-order valence-electron chi connectivity index (χ2n) is 7.86. The van der Waals surface area contributed by atoms with E-state index in [9.17, 15) is 4.39 Å². The van der Waals surface area contributed by atoms with Crippen molar-refractivity contribution in [2.24, 2.45) is 0 Å². The third-order valence-electron chi connectivity index (χ3n) is 5.63. The summed E-state index contributed by atoms with van der Waals surface area (Å²) >= 11 is 0. The molecular formula is C20H23FN8. The van der Waals surface area contributed by atoms with Crippen molar-refractivity contribution < 1.29 is 4.39 Å².